The second kappa shape index (κ2) is 3.91. The predicted octanol–water partition coefficient (Wildman–Crippen LogP) is 3.50. The minimum Gasteiger partial charge on any atom is -0.250 e. The van der Waals surface area contributed by atoms with Crippen LogP contribution in [0.3, 0.4) is 0 Å². The Morgan fingerprint density at radius 2 is 1.69 bits per heavy atom. The van der Waals surface area contributed by atoms with Crippen molar-refractivity contribution in [2.75, 3.05) is 6.67 Å². The molecule has 0 aliphatic carbocycles. The lowest BCUT2D eigenvalue weighted by atomic mass is 9.93. The van der Waals surface area contributed by atoms with Gasteiger partial charge < -0.3 is 0 Å². The van der Waals surface area contributed by atoms with Crippen molar-refractivity contribution in [2.24, 2.45) is 0 Å². The first-order chi connectivity index (χ1) is 6.06. The van der Waals surface area contributed by atoms with Crippen LogP contribution >= 0.6 is 0 Å². The topological polar surface area (TPSA) is 0 Å². The Hall–Kier alpha value is -0.850. The van der Waals surface area contributed by atoms with Crippen LogP contribution in [0.5, 0.6) is 0 Å². The molecular weight excluding hydrogens is 163 g/mol. The van der Waals surface area contributed by atoms with E-state index in [0.717, 1.165) is 11.1 Å². The van der Waals surface area contributed by atoms with Crippen LogP contribution < -0.4 is 0 Å². The Bertz CT molecular complexity index is 302. The molecule has 0 aliphatic rings. The number of hydrogen-bond donors (Lipinski definition) is 0. The van der Waals surface area contributed by atoms with Crippen LogP contribution in [0, 0.1) is 27.7 Å². The van der Waals surface area contributed by atoms with E-state index in [2.05, 4.69) is 19.9 Å². The van der Waals surface area contributed by atoms with Gasteiger partial charge in [0.05, 0.1) is 6.67 Å². The molecule has 1 unspecified atom stereocenters. The van der Waals surface area contributed by atoms with Gasteiger partial charge in [-0.2, -0.15) is 0 Å². The van der Waals surface area contributed by atoms with Crippen molar-refractivity contribution >= 4 is 0 Å². The summed E-state index contributed by atoms with van der Waals surface area (Å²) in [6.45, 7) is 9.52. The standard InChI is InChI=1S/C12H16F/c1-8-5-10(3)12(6-9(8)2)11(4)7-13/h5-6,11H,4,7H2,1-3H3. The summed E-state index contributed by atoms with van der Waals surface area (Å²) in [5.74, 6) is -0.223. The smallest absolute Gasteiger partial charge is 0.0963 e. The monoisotopic (exact) mass is 179 g/mol. The third kappa shape index (κ3) is 2.09. The second-order valence-electron chi connectivity index (χ2n) is 3.64. The Labute approximate surface area is 79.8 Å². The van der Waals surface area contributed by atoms with Gasteiger partial charge in [-0.3, -0.25) is 4.39 Å². The molecule has 0 heterocycles. The quantitative estimate of drug-likeness (QED) is 0.651. The maximum absolute atomic E-state index is 12.4. The van der Waals surface area contributed by atoms with Gasteiger partial charge >= 0.3 is 0 Å². The zero-order valence-electron chi connectivity index (χ0n) is 8.52. The summed E-state index contributed by atoms with van der Waals surface area (Å²) in [6.07, 6.45) is 0. The summed E-state index contributed by atoms with van der Waals surface area (Å²) >= 11 is 0. The van der Waals surface area contributed by atoms with Gasteiger partial charge in [-0.1, -0.05) is 12.1 Å². The number of hydrogen-bond acceptors (Lipinski definition) is 0. The van der Waals surface area contributed by atoms with E-state index in [4.69, 9.17) is 0 Å². The van der Waals surface area contributed by atoms with Gasteiger partial charge in [0.1, 0.15) is 0 Å². The zero-order chi connectivity index (χ0) is 10.0. The maximum Gasteiger partial charge on any atom is 0.0963 e. The lowest BCUT2D eigenvalue weighted by Crippen LogP contribution is -2.00. The number of aryl methyl sites for hydroxylation is 3. The van der Waals surface area contributed by atoms with Crippen LogP contribution in [0.15, 0.2) is 12.1 Å². The third-order valence-corrected chi connectivity index (χ3v) is 2.51. The fourth-order valence-corrected chi connectivity index (χ4v) is 1.51. The molecule has 0 spiro atoms. The second-order valence-corrected chi connectivity index (χ2v) is 3.64. The van der Waals surface area contributed by atoms with Crippen LogP contribution in [0.25, 0.3) is 0 Å². The molecule has 13 heavy (non-hydrogen) atoms. The molecule has 0 saturated carbocycles. The third-order valence-electron chi connectivity index (χ3n) is 2.51. The molecule has 1 heteroatoms. The fourth-order valence-electron chi connectivity index (χ4n) is 1.51. The molecule has 0 amide bonds. The largest absolute Gasteiger partial charge is 0.250 e. The highest BCUT2D eigenvalue weighted by atomic mass is 19.1. The van der Waals surface area contributed by atoms with Crippen molar-refractivity contribution in [1.29, 1.82) is 0 Å². The Morgan fingerprint density at radius 3 is 2.23 bits per heavy atom. The normalized spacial score (nSPS) is 13.0. The highest BCUT2D eigenvalue weighted by molar-refractivity contribution is 5.38. The number of halogens is 1. The molecule has 0 saturated heterocycles. The van der Waals surface area contributed by atoms with Gasteiger partial charge in [0.15, 0.2) is 0 Å². The Morgan fingerprint density at radius 1 is 1.15 bits per heavy atom. The minimum absolute atomic E-state index is 0.223. The zero-order valence-corrected chi connectivity index (χ0v) is 8.52. The van der Waals surface area contributed by atoms with Crippen molar-refractivity contribution in [3.63, 3.8) is 0 Å². The first kappa shape index (κ1) is 10.2. The van der Waals surface area contributed by atoms with E-state index in [-0.39, 0.29) is 12.6 Å². The van der Waals surface area contributed by atoms with Crippen molar-refractivity contribution in [1.82, 2.24) is 0 Å². The van der Waals surface area contributed by atoms with E-state index in [9.17, 15) is 4.39 Å². The molecule has 0 nitrogen and oxygen atoms in total. The van der Waals surface area contributed by atoms with E-state index < -0.39 is 0 Å². The maximum atomic E-state index is 12.4. The average molecular weight is 179 g/mol. The molecule has 0 aromatic heterocycles. The number of benzene rings is 1. The molecule has 0 aliphatic heterocycles. The summed E-state index contributed by atoms with van der Waals surface area (Å²) in [7, 11) is 0. The molecule has 71 valence electrons. The summed E-state index contributed by atoms with van der Waals surface area (Å²) < 4.78 is 12.4. The van der Waals surface area contributed by atoms with Crippen LogP contribution in [0.1, 0.15) is 28.2 Å². The first-order valence-corrected chi connectivity index (χ1v) is 4.53. The van der Waals surface area contributed by atoms with Crippen LogP contribution in [-0.4, -0.2) is 6.67 Å². The molecule has 1 aromatic carbocycles. The van der Waals surface area contributed by atoms with E-state index in [0.29, 0.717) is 0 Å². The van der Waals surface area contributed by atoms with E-state index in [1.165, 1.54) is 11.1 Å². The number of rotatable bonds is 2. The highest BCUT2D eigenvalue weighted by Crippen LogP contribution is 2.23. The molecule has 0 N–H and O–H groups in total. The Kier molecular flexibility index (Phi) is 3.07. The minimum atomic E-state index is -0.386. The van der Waals surface area contributed by atoms with Crippen molar-refractivity contribution in [2.45, 2.75) is 26.7 Å². The van der Waals surface area contributed by atoms with E-state index >= 15 is 0 Å². The summed E-state index contributed by atoms with van der Waals surface area (Å²) in [6, 6.07) is 4.14. The van der Waals surface area contributed by atoms with Gasteiger partial charge in [0.25, 0.3) is 0 Å². The van der Waals surface area contributed by atoms with Crippen LogP contribution in [-0.2, 0) is 0 Å². The molecule has 0 bridgehead atoms. The van der Waals surface area contributed by atoms with Crippen molar-refractivity contribution in [3.8, 4) is 0 Å². The van der Waals surface area contributed by atoms with E-state index in [1.807, 2.05) is 19.9 Å². The van der Waals surface area contributed by atoms with Crippen molar-refractivity contribution < 1.29 is 4.39 Å². The van der Waals surface area contributed by atoms with Gasteiger partial charge in [0.2, 0.25) is 0 Å². The lowest BCUT2D eigenvalue weighted by Gasteiger charge is -2.13. The van der Waals surface area contributed by atoms with Gasteiger partial charge in [-0.25, -0.2) is 0 Å². The fraction of sp³-hybridized carbons (Fsp3) is 0.417. The Balaban J connectivity index is 3.15. The summed E-state index contributed by atoms with van der Waals surface area (Å²) in [4.78, 5) is 0. The molecule has 1 aromatic rings. The number of alkyl halides is 1. The van der Waals surface area contributed by atoms with Gasteiger partial charge in [-0.15, -0.1) is 0 Å². The molecule has 1 rings (SSSR count). The molecule has 1 radical (unpaired) electrons. The predicted molar refractivity (Wildman–Crippen MR) is 54.7 cm³/mol. The molecular formula is C12H16F. The highest BCUT2D eigenvalue weighted by Gasteiger charge is 2.09. The SMILES string of the molecule is [CH2]C(CF)c1cc(C)c(C)cc1C. The van der Waals surface area contributed by atoms with Crippen molar-refractivity contribution in [3.05, 3.63) is 41.3 Å². The molecule has 1 atom stereocenters. The van der Waals surface area contributed by atoms with Gasteiger partial charge in [-0.05, 0) is 49.9 Å². The van der Waals surface area contributed by atoms with Gasteiger partial charge in [0, 0.05) is 5.92 Å². The summed E-state index contributed by atoms with van der Waals surface area (Å²) in [5, 5.41) is 0. The molecule has 0 fully saturated rings. The lowest BCUT2D eigenvalue weighted by molar-refractivity contribution is 0.464. The first-order valence-electron chi connectivity index (χ1n) is 4.53. The van der Waals surface area contributed by atoms with Crippen LogP contribution in [0.4, 0.5) is 4.39 Å². The average Bonchev–Trinajstić information content (AvgIpc) is 2.10. The summed E-state index contributed by atoms with van der Waals surface area (Å²) in [5.41, 5.74) is 4.64. The van der Waals surface area contributed by atoms with E-state index in [1.54, 1.807) is 0 Å². The van der Waals surface area contributed by atoms with Crippen LogP contribution in [0.2, 0.25) is 0 Å².